The highest BCUT2D eigenvalue weighted by Crippen LogP contribution is 2.32. The molecule has 1 aliphatic rings. The first kappa shape index (κ1) is 17.9. The summed E-state index contributed by atoms with van der Waals surface area (Å²) in [5, 5.41) is 14.5. The minimum absolute atomic E-state index is 0.688. The van der Waals surface area contributed by atoms with E-state index in [4.69, 9.17) is 0 Å². The van der Waals surface area contributed by atoms with Crippen LogP contribution in [-0.2, 0) is 13.6 Å². The van der Waals surface area contributed by atoms with E-state index in [9.17, 15) is 0 Å². The van der Waals surface area contributed by atoms with Gasteiger partial charge >= 0.3 is 0 Å². The summed E-state index contributed by atoms with van der Waals surface area (Å²) < 4.78 is 1.81. The van der Waals surface area contributed by atoms with Gasteiger partial charge in [-0.3, -0.25) is 4.98 Å². The summed E-state index contributed by atoms with van der Waals surface area (Å²) in [6.45, 7) is 4.97. The van der Waals surface area contributed by atoms with Crippen molar-refractivity contribution in [3.8, 4) is 0 Å². The van der Waals surface area contributed by atoms with Crippen molar-refractivity contribution in [1.82, 2.24) is 24.9 Å². The zero-order chi connectivity index (χ0) is 19.8. The molecule has 0 bridgehead atoms. The second-order valence-electron chi connectivity index (χ2n) is 7.70. The Hall–Kier alpha value is -3.19. The molecule has 2 aromatic heterocycles. The number of piperazine rings is 1. The van der Waals surface area contributed by atoms with Crippen LogP contribution in [0.3, 0.4) is 0 Å². The molecule has 0 aliphatic carbocycles. The highest BCUT2D eigenvalue weighted by molar-refractivity contribution is 6.01. The summed E-state index contributed by atoms with van der Waals surface area (Å²) in [6, 6.07) is 12.7. The van der Waals surface area contributed by atoms with Crippen LogP contribution in [0, 0.1) is 0 Å². The standard InChI is InChI=1S/C22H25N7/c1-27-10-12-29(13-11-27)20-7-6-19(18-15-23-9-8-17(18)20)24-14-16-4-3-5-21-22(16)25-26-28(21)2/h3-9,15,24H,10-14H2,1-2H3. The molecule has 4 aromatic rings. The maximum Gasteiger partial charge on any atom is 0.118 e. The topological polar surface area (TPSA) is 62.1 Å². The highest BCUT2D eigenvalue weighted by atomic mass is 15.4. The fourth-order valence-corrected chi connectivity index (χ4v) is 4.10. The average molecular weight is 387 g/mol. The Morgan fingerprint density at radius 1 is 0.966 bits per heavy atom. The molecule has 1 fully saturated rings. The molecular formula is C22H25N7. The number of nitrogens with zero attached hydrogens (tertiary/aromatic N) is 6. The third kappa shape index (κ3) is 3.27. The van der Waals surface area contributed by atoms with Crippen molar-refractivity contribution >= 4 is 33.2 Å². The van der Waals surface area contributed by atoms with Crippen LogP contribution in [-0.4, -0.2) is 58.1 Å². The lowest BCUT2D eigenvalue weighted by molar-refractivity contribution is 0.313. The molecule has 5 rings (SSSR count). The van der Waals surface area contributed by atoms with Crippen LogP contribution >= 0.6 is 0 Å². The van der Waals surface area contributed by atoms with Gasteiger partial charge in [0.2, 0.25) is 0 Å². The average Bonchev–Trinajstić information content (AvgIpc) is 3.14. The maximum absolute atomic E-state index is 4.39. The van der Waals surface area contributed by atoms with Gasteiger partial charge in [0.1, 0.15) is 5.52 Å². The van der Waals surface area contributed by atoms with Crippen molar-refractivity contribution < 1.29 is 0 Å². The number of aromatic nitrogens is 4. The molecule has 0 saturated carbocycles. The second-order valence-corrected chi connectivity index (χ2v) is 7.70. The van der Waals surface area contributed by atoms with Gasteiger partial charge in [0.15, 0.2) is 0 Å². The fourth-order valence-electron chi connectivity index (χ4n) is 4.10. The van der Waals surface area contributed by atoms with Crippen LogP contribution in [0.5, 0.6) is 0 Å². The van der Waals surface area contributed by atoms with Crippen molar-refractivity contribution in [3.05, 3.63) is 54.4 Å². The van der Waals surface area contributed by atoms with Gasteiger partial charge in [-0.05, 0) is 31.3 Å². The largest absolute Gasteiger partial charge is 0.380 e. The van der Waals surface area contributed by atoms with Crippen molar-refractivity contribution in [1.29, 1.82) is 0 Å². The predicted molar refractivity (Wildman–Crippen MR) is 117 cm³/mol. The molecule has 7 nitrogen and oxygen atoms in total. The summed E-state index contributed by atoms with van der Waals surface area (Å²) in [7, 11) is 4.10. The monoisotopic (exact) mass is 387 g/mol. The summed E-state index contributed by atoms with van der Waals surface area (Å²) in [5.74, 6) is 0. The summed E-state index contributed by atoms with van der Waals surface area (Å²) in [4.78, 5) is 9.24. The number of likely N-dealkylation sites (N-methyl/N-ethyl adjacent to an activating group) is 1. The van der Waals surface area contributed by atoms with E-state index in [2.05, 4.69) is 67.8 Å². The molecule has 0 unspecified atom stereocenters. The molecule has 148 valence electrons. The Bertz CT molecular complexity index is 1160. The predicted octanol–water partition coefficient (Wildman–Crippen LogP) is 2.88. The zero-order valence-corrected chi connectivity index (χ0v) is 16.8. The number of benzene rings is 2. The molecule has 29 heavy (non-hydrogen) atoms. The lowest BCUT2D eigenvalue weighted by Gasteiger charge is -2.34. The fraction of sp³-hybridized carbons (Fsp3) is 0.318. The van der Waals surface area contributed by atoms with Crippen molar-refractivity contribution in [3.63, 3.8) is 0 Å². The smallest absolute Gasteiger partial charge is 0.118 e. The van der Waals surface area contributed by atoms with Gasteiger partial charge in [-0.2, -0.15) is 0 Å². The van der Waals surface area contributed by atoms with Gasteiger partial charge in [0.05, 0.1) is 5.52 Å². The minimum Gasteiger partial charge on any atom is -0.380 e. The molecule has 1 N–H and O–H groups in total. The first-order valence-corrected chi connectivity index (χ1v) is 10.0. The maximum atomic E-state index is 4.39. The van der Waals surface area contributed by atoms with E-state index in [1.165, 1.54) is 11.1 Å². The molecule has 1 saturated heterocycles. The van der Waals surface area contributed by atoms with Crippen LogP contribution in [0.4, 0.5) is 11.4 Å². The van der Waals surface area contributed by atoms with Crippen molar-refractivity contribution in [2.75, 3.05) is 43.4 Å². The quantitative estimate of drug-likeness (QED) is 0.581. The molecule has 2 aromatic carbocycles. The van der Waals surface area contributed by atoms with Gasteiger partial charge in [-0.25, -0.2) is 4.68 Å². The lowest BCUT2D eigenvalue weighted by Crippen LogP contribution is -2.44. The first-order chi connectivity index (χ1) is 14.2. The summed E-state index contributed by atoms with van der Waals surface area (Å²) in [5.41, 5.74) is 5.50. The van der Waals surface area contributed by atoms with Gasteiger partial charge in [0.25, 0.3) is 0 Å². The third-order valence-electron chi connectivity index (χ3n) is 5.83. The number of anilines is 2. The summed E-state index contributed by atoms with van der Waals surface area (Å²) >= 11 is 0. The van der Waals surface area contributed by atoms with Crippen LogP contribution in [0.1, 0.15) is 5.56 Å². The van der Waals surface area contributed by atoms with E-state index in [-0.39, 0.29) is 0 Å². The molecule has 0 radical (unpaired) electrons. The molecule has 0 spiro atoms. The van der Waals surface area contributed by atoms with Crippen molar-refractivity contribution in [2.24, 2.45) is 7.05 Å². The lowest BCUT2D eigenvalue weighted by atomic mass is 10.1. The van der Waals surface area contributed by atoms with E-state index >= 15 is 0 Å². The van der Waals surface area contributed by atoms with Crippen molar-refractivity contribution in [2.45, 2.75) is 6.54 Å². The Kier molecular flexibility index (Phi) is 4.52. The molecular weight excluding hydrogens is 362 g/mol. The van der Waals surface area contributed by atoms with Gasteiger partial charge in [-0.1, -0.05) is 17.3 Å². The Morgan fingerprint density at radius 3 is 2.69 bits per heavy atom. The Balaban J connectivity index is 1.46. The van der Waals surface area contributed by atoms with Crippen LogP contribution < -0.4 is 10.2 Å². The third-order valence-corrected chi connectivity index (χ3v) is 5.83. The van der Waals surface area contributed by atoms with E-state index in [1.54, 1.807) is 0 Å². The van der Waals surface area contributed by atoms with Crippen LogP contribution in [0.25, 0.3) is 21.8 Å². The molecule has 0 atom stereocenters. The zero-order valence-electron chi connectivity index (χ0n) is 16.8. The number of rotatable bonds is 4. The van der Waals surface area contributed by atoms with E-state index in [1.807, 2.05) is 30.2 Å². The normalized spacial score (nSPS) is 15.3. The first-order valence-electron chi connectivity index (χ1n) is 10.0. The van der Waals surface area contributed by atoms with Crippen LogP contribution in [0.2, 0.25) is 0 Å². The van der Waals surface area contributed by atoms with Crippen LogP contribution in [0.15, 0.2) is 48.8 Å². The number of fused-ring (bicyclic) bond motifs is 2. The number of nitrogens with one attached hydrogen (secondary N) is 1. The van der Waals surface area contributed by atoms with E-state index in [0.29, 0.717) is 6.54 Å². The van der Waals surface area contributed by atoms with E-state index in [0.717, 1.165) is 53.8 Å². The molecule has 1 aliphatic heterocycles. The molecule has 0 amide bonds. The Morgan fingerprint density at radius 2 is 1.83 bits per heavy atom. The van der Waals surface area contributed by atoms with Gasteiger partial charge in [-0.15, -0.1) is 5.10 Å². The SMILES string of the molecule is CN1CCN(c2ccc(NCc3cccc4c3nnn4C)c3cnccc23)CC1. The summed E-state index contributed by atoms with van der Waals surface area (Å²) in [6.07, 6.45) is 3.84. The highest BCUT2D eigenvalue weighted by Gasteiger charge is 2.17. The Labute approximate surface area is 169 Å². The number of aryl methyl sites for hydroxylation is 1. The number of pyridine rings is 1. The second kappa shape index (κ2) is 7.33. The molecule has 7 heteroatoms. The van der Waals surface area contributed by atoms with Gasteiger partial charge in [0, 0.05) is 79.9 Å². The minimum atomic E-state index is 0.688. The van der Waals surface area contributed by atoms with E-state index < -0.39 is 0 Å². The molecule has 3 heterocycles. The van der Waals surface area contributed by atoms with Gasteiger partial charge < -0.3 is 15.1 Å². The number of hydrogen-bond acceptors (Lipinski definition) is 6. The number of hydrogen-bond donors (Lipinski definition) is 1.